The number of benzene rings is 1. The topological polar surface area (TPSA) is 78.3 Å². The molecular weight excluding hydrogens is 330 g/mol. The van der Waals surface area contributed by atoms with Crippen molar-refractivity contribution in [2.24, 2.45) is 11.8 Å². The number of H-pyrrole nitrogens is 1. The summed E-state index contributed by atoms with van der Waals surface area (Å²) in [6.07, 6.45) is 3.60. The van der Waals surface area contributed by atoms with Gasteiger partial charge in [0.15, 0.2) is 0 Å². The first-order valence-corrected chi connectivity index (χ1v) is 9.41. The van der Waals surface area contributed by atoms with Crippen LogP contribution in [-0.4, -0.2) is 44.4 Å². The number of aliphatic hydroxyl groups is 1. The van der Waals surface area contributed by atoms with Crippen LogP contribution in [0, 0.1) is 11.8 Å². The van der Waals surface area contributed by atoms with Gasteiger partial charge in [0.1, 0.15) is 5.69 Å². The molecule has 6 nitrogen and oxygen atoms in total. The average Bonchev–Trinajstić information content (AvgIpc) is 3.27. The van der Waals surface area contributed by atoms with Crippen molar-refractivity contribution in [3.05, 3.63) is 52.4 Å². The number of carbonyl (C=O) groups is 1. The first kappa shape index (κ1) is 17.1. The van der Waals surface area contributed by atoms with E-state index in [0.717, 1.165) is 25.7 Å². The maximum atomic E-state index is 12.9. The van der Waals surface area contributed by atoms with Gasteiger partial charge in [-0.25, -0.2) is 4.68 Å². The number of carbonyl (C=O) groups excluding carboxylic acids is 1. The van der Waals surface area contributed by atoms with Crippen molar-refractivity contribution in [2.45, 2.75) is 38.2 Å². The van der Waals surface area contributed by atoms with E-state index in [1.807, 2.05) is 37.3 Å². The van der Waals surface area contributed by atoms with E-state index in [-0.39, 0.29) is 17.4 Å². The summed E-state index contributed by atoms with van der Waals surface area (Å²) in [6, 6.07) is 10.6. The first-order chi connectivity index (χ1) is 12.5. The minimum Gasteiger partial charge on any atom is -0.390 e. The van der Waals surface area contributed by atoms with Crippen molar-refractivity contribution >= 4 is 5.91 Å². The number of amides is 1. The predicted octanol–water partition coefficient (Wildman–Crippen LogP) is 2.18. The summed E-state index contributed by atoms with van der Waals surface area (Å²) in [6.45, 7) is 3.24. The van der Waals surface area contributed by atoms with Gasteiger partial charge in [-0.15, -0.1) is 0 Å². The average molecular weight is 355 g/mol. The predicted molar refractivity (Wildman–Crippen MR) is 98.4 cm³/mol. The lowest BCUT2D eigenvalue weighted by atomic mass is 9.69. The van der Waals surface area contributed by atoms with Crippen LogP contribution >= 0.6 is 0 Å². The quantitative estimate of drug-likeness (QED) is 0.886. The normalized spacial score (nSPS) is 28.2. The van der Waals surface area contributed by atoms with Crippen LogP contribution in [0.3, 0.4) is 0 Å². The molecule has 1 aliphatic heterocycles. The van der Waals surface area contributed by atoms with Crippen LogP contribution in [0.1, 0.15) is 43.1 Å². The van der Waals surface area contributed by atoms with Gasteiger partial charge in [0.2, 0.25) is 0 Å². The summed E-state index contributed by atoms with van der Waals surface area (Å²) in [5.41, 5.74) is 0.0900. The molecule has 1 amide bonds. The molecule has 2 aliphatic rings. The molecule has 0 bridgehead atoms. The molecule has 26 heavy (non-hydrogen) atoms. The lowest BCUT2D eigenvalue weighted by molar-refractivity contribution is -0.0609. The molecule has 4 rings (SSSR count). The number of likely N-dealkylation sites (tertiary alicyclic amines) is 1. The van der Waals surface area contributed by atoms with Crippen molar-refractivity contribution in [1.29, 1.82) is 0 Å². The second-order valence-electron chi connectivity index (χ2n) is 7.61. The number of para-hydroxylation sites is 1. The van der Waals surface area contributed by atoms with E-state index >= 15 is 0 Å². The van der Waals surface area contributed by atoms with Gasteiger partial charge in [-0.1, -0.05) is 31.5 Å². The molecule has 1 saturated carbocycles. The number of nitrogens with one attached hydrogen (secondary N) is 1. The second-order valence-corrected chi connectivity index (χ2v) is 7.61. The van der Waals surface area contributed by atoms with Crippen LogP contribution in [0.5, 0.6) is 0 Å². The molecule has 2 N–H and O–H groups in total. The maximum Gasteiger partial charge on any atom is 0.271 e. The number of aromatic amines is 1. The SMILES string of the molecule is CC[C@]1(O)CCC[C@H]2CN(C(=O)c3cc(=O)n(-c4ccccc4)[nH]3)C[C@H]21. The van der Waals surface area contributed by atoms with Crippen molar-refractivity contribution in [2.75, 3.05) is 13.1 Å². The Morgan fingerprint density at radius 3 is 2.81 bits per heavy atom. The number of rotatable bonds is 3. The third kappa shape index (κ3) is 2.78. The van der Waals surface area contributed by atoms with Crippen molar-refractivity contribution in [3.63, 3.8) is 0 Å². The van der Waals surface area contributed by atoms with Crippen molar-refractivity contribution < 1.29 is 9.90 Å². The number of hydrogen-bond acceptors (Lipinski definition) is 3. The smallest absolute Gasteiger partial charge is 0.271 e. The van der Waals surface area contributed by atoms with E-state index in [9.17, 15) is 14.7 Å². The Bertz CT molecular complexity index is 857. The molecule has 1 saturated heterocycles. The molecule has 1 aromatic heterocycles. The Kier molecular flexibility index (Phi) is 4.23. The Morgan fingerprint density at radius 2 is 2.08 bits per heavy atom. The molecule has 3 atom stereocenters. The zero-order chi connectivity index (χ0) is 18.3. The summed E-state index contributed by atoms with van der Waals surface area (Å²) in [5, 5.41) is 13.9. The van der Waals surface area contributed by atoms with Gasteiger partial charge in [-0.3, -0.25) is 14.7 Å². The van der Waals surface area contributed by atoms with Crippen LogP contribution in [0.15, 0.2) is 41.2 Å². The Morgan fingerprint density at radius 1 is 1.31 bits per heavy atom. The first-order valence-electron chi connectivity index (χ1n) is 9.41. The molecule has 0 spiro atoms. The lowest BCUT2D eigenvalue weighted by Gasteiger charge is -2.40. The fourth-order valence-corrected chi connectivity index (χ4v) is 4.68. The molecule has 6 heteroatoms. The molecule has 1 aliphatic carbocycles. The van der Waals surface area contributed by atoms with Gasteiger partial charge in [0.05, 0.1) is 11.3 Å². The number of fused-ring (bicyclic) bond motifs is 1. The minimum absolute atomic E-state index is 0.133. The van der Waals surface area contributed by atoms with E-state index in [0.29, 0.717) is 30.4 Å². The summed E-state index contributed by atoms with van der Waals surface area (Å²) in [7, 11) is 0. The van der Waals surface area contributed by atoms with Gasteiger partial charge in [-0.2, -0.15) is 0 Å². The van der Waals surface area contributed by atoms with Crippen molar-refractivity contribution in [1.82, 2.24) is 14.7 Å². The molecule has 0 radical (unpaired) electrons. The van der Waals surface area contributed by atoms with E-state index < -0.39 is 5.60 Å². The van der Waals surface area contributed by atoms with Crippen LogP contribution in [0.25, 0.3) is 5.69 Å². The highest BCUT2D eigenvalue weighted by atomic mass is 16.3. The van der Waals surface area contributed by atoms with Crippen LogP contribution in [0.2, 0.25) is 0 Å². The van der Waals surface area contributed by atoms with E-state index in [1.54, 1.807) is 4.90 Å². The summed E-state index contributed by atoms with van der Waals surface area (Å²) >= 11 is 0. The van der Waals surface area contributed by atoms with Gasteiger partial charge in [0.25, 0.3) is 11.5 Å². The maximum absolute atomic E-state index is 12.9. The Balaban J connectivity index is 1.57. The van der Waals surface area contributed by atoms with Gasteiger partial charge in [-0.05, 0) is 37.3 Å². The number of aromatic nitrogens is 2. The third-order valence-corrected chi connectivity index (χ3v) is 6.18. The third-order valence-electron chi connectivity index (χ3n) is 6.18. The molecule has 2 aromatic rings. The Hall–Kier alpha value is -2.34. The molecular formula is C20H25N3O3. The fourth-order valence-electron chi connectivity index (χ4n) is 4.68. The summed E-state index contributed by atoms with van der Waals surface area (Å²) in [4.78, 5) is 27.0. The molecule has 2 fully saturated rings. The van der Waals surface area contributed by atoms with Gasteiger partial charge in [0, 0.05) is 25.1 Å². The highest BCUT2D eigenvalue weighted by molar-refractivity contribution is 5.92. The van der Waals surface area contributed by atoms with E-state index in [4.69, 9.17) is 0 Å². The zero-order valence-corrected chi connectivity index (χ0v) is 15.0. The number of hydrogen-bond donors (Lipinski definition) is 2. The lowest BCUT2D eigenvalue weighted by Crippen LogP contribution is -2.44. The number of nitrogens with zero attached hydrogens (tertiary/aromatic N) is 2. The highest BCUT2D eigenvalue weighted by Crippen LogP contribution is 2.44. The van der Waals surface area contributed by atoms with Crippen molar-refractivity contribution in [3.8, 4) is 5.69 Å². The zero-order valence-electron chi connectivity index (χ0n) is 15.0. The van der Waals surface area contributed by atoms with Crippen LogP contribution in [-0.2, 0) is 0 Å². The molecule has 138 valence electrons. The molecule has 2 heterocycles. The standard InChI is InChI=1S/C20H25N3O3/c1-2-20(26)10-6-7-14-12-22(13-16(14)20)19(25)17-11-18(24)23(21-17)15-8-4-3-5-9-15/h3-5,8-9,11,14,16,21,26H,2,6-7,10,12-13H2,1H3/t14-,16+,20-/m0/s1. The monoisotopic (exact) mass is 355 g/mol. The second kappa shape index (κ2) is 6.43. The largest absolute Gasteiger partial charge is 0.390 e. The summed E-state index contributed by atoms with van der Waals surface area (Å²) in [5.74, 6) is 0.318. The molecule has 0 unspecified atom stereocenters. The fraction of sp³-hybridized carbons (Fsp3) is 0.500. The van der Waals surface area contributed by atoms with Gasteiger partial charge < -0.3 is 10.0 Å². The highest BCUT2D eigenvalue weighted by Gasteiger charge is 2.48. The van der Waals surface area contributed by atoms with E-state index in [2.05, 4.69) is 5.10 Å². The van der Waals surface area contributed by atoms with E-state index in [1.165, 1.54) is 10.7 Å². The summed E-state index contributed by atoms with van der Waals surface area (Å²) < 4.78 is 1.39. The Labute approximate surface area is 152 Å². The van der Waals surface area contributed by atoms with Crippen LogP contribution < -0.4 is 5.56 Å². The minimum atomic E-state index is -0.665. The van der Waals surface area contributed by atoms with Crippen LogP contribution in [0.4, 0.5) is 0 Å². The van der Waals surface area contributed by atoms with Gasteiger partial charge >= 0.3 is 0 Å². The molecule has 1 aromatic carbocycles.